The predicted octanol–water partition coefficient (Wildman–Crippen LogP) is 0.774. The average molecular weight is 329 g/mol. The van der Waals surface area contributed by atoms with E-state index in [-0.39, 0.29) is 24.1 Å². The van der Waals surface area contributed by atoms with Crippen molar-refractivity contribution in [1.82, 2.24) is 10.6 Å². The van der Waals surface area contributed by atoms with E-state index in [4.69, 9.17) is 5.11 Å². The molecular weight excluding hydrogens is 309 g/mol. The van der Waals surface area contributed by atoms with Gasteiger partial charge in [0.05, 0.1) is 18.1 Å². The number of hydrogen-bond acceptors (Lipinski definition) is 4. The minimum absolute atomic E-state index is 0.102. The Morgan fingerprint density at radius 3 is 2.86 bits per heavy atom. The molecule has 2 rings (SSSR count). The number of hydrogen-bond donors (Lipinski definition) is 3. The summed E-state index contributed by atoms with van der Waals surface area (Å²) in [5.41, 5.74) is 0.617. The lowest BCUT2D eigenvalue weighted by Crippen LogP contribution is -2.44. The van der Waals surface area contributed by atoms with Gasteiger partial charge in [0.25, 0.3) is 0 Å². The van der Waals surface area contributed by atoms with Crippen LogP contribution < -0.4 is 10.6 Å². The van der Waals surface area contributed by atoms with Crippen LogP contribution in [0.4, 0.5) is 4.39 Å². The highest BCUT2D eigenvalue weighted by Crippen LogP contribution is 2.16. The number of phenols is 1. The zero-order chi connectivity index (χ0) is 16.2. The summed E-state index contributed by atoms with van der Waals surface area (Å²) >= 11 is 0. The van der Waals surface area contributed by atoms with Crippen molar-refractivity contribution >= 4 is 15.8 Å². The molecule has 0 amide bonds. The SMILES string of the molecule is CCNC(=NCc1ccc(O)c(F)c1)NC1CCS(=O)(=O)C1. The summed E-state index contributed by atoms with van der Waals surface area (Å²) in [7, 11) is -2.96. The van der Waals surface area contributed by atoms with Crippen molar-refractivity contribution in [2.45, 2.75) is 25.9 Å². The van der Waals surface area contributed by atoms with Crippen molar-refractivity contribution in [1.29, 1.82) is 0 Å². The Kier molecular flexibility index (Phi) is 5.23. The molecule has 1 fully saturated rings. The maximum absolute atomic E-state index is 13.3. The van der Waals surface area contributed by atoms with Gasteiger partial charge in [-0.3, -0.25) is 0 Å². The van der Waals surface area contributed by atoms with Crippen LogP contribution in [0.3, 0.4) is 0 Å². The molecule has 1 aromatic rings. The van der Waals surface area contributed by atoms with E-state index < -0.39 is 21.4 Å². The molecule has 22 heavy (non-hydrogen) atoms. The minimum Gasteiger partial charge on any atom is -0.505 e. The maximum atomic E-state index is 13.3. The standard InChI is InChI=1S/C14H20FN3O3S/c1-2-16-14(18-11-5-6-22(20,21)9-11)17-8-10-3-4-13(19)12(15)7-10/h3-4,7,11,19H,2,5-6,8-9H2,1H3,(H2,16,17,18). The van der Waals surface area contributed by atoms with E-state index in [0.29, 0.717) is 24.5 Å². The molecule has 0 aromatic heterocycles. The topological polar surface area (TPSA) is 90.8 Å². The number of sulfone groups is 1. The third kappa shape index (κ3) is 4.59. The monoisotopic (exact) mass is 329 g/mol. The molecule has 0 bridgehead atoms. The second-order valence-corrected chi connectivity index (χ2v) is 7.45. The largest absolute Gasteiger partial charge is 0.505 e. The zero-order valence-electron chi connectivity index (χ0n) is 12.3. The van der Waals surface area contributed by atoms with Gasteiger partial charge in [0.1, 0.15) is 0 Å². The third-order valence-electron chi connectivity index (χ3n) is 3.35. The number of guanidine groups is 1. The van der Waals surface area contributed by atoms with Gasteiger partial charge in [0.2, 0.25) is 0 Å². The molecular formula is C14H20FN3O3S. The van der Waals surface area contributed by atoms with Gasteiger partial charge in [-0.1, -0.05) is 6.07 Å². The summed E-state index contributed by atoms with van der Waals surface area (Å²) < 4.78 is 36.2. The smallest absolute Gasteiger partial charge is 0.191 e. The molecule has 1 atom stereocenters. The van der Waals surface area contributed by atoms with Gasteiger partial charge in [0.15, 0.2) is 27.4 Å². The van der Waals surface area contributed by atoms with Crippen molar-refractivity contribution < 1.29 is 17.9 Å². The summed E-state index contributed by atoms with van der Waals surface area (Å²) in [4.78, 5) is 4.32. The lowest BCUT2D eigenvalue weighted by atomic mass is 10.2. The molecule has 6 nitrogen and oxygen atoms in total. The lowest BCUT2D eigenvalue weighted by molar-refractivity contribution is 0.432. The van der Waals surface area contributed by atoms with E-state index in [0.717, 1.165) is 0 Å². The second-order valence-electron chi connectivity index (χ2n) is 5.23. The van der Waals surface area contributed by atoms with Crippen LogP contribution in [0.2, 0.25) is 0 Å². The first-order chi connectivity index (χ1) is 10.4. The van der Waals surface area contributed by atoms with E-state index in [1.807, 2.05) is 6.92 Å². The van der Waals surface area contributed by atoms with Crippen molar-refractivity contribution in [2.24, 2.45) is 4.99 Å². The molecule has 3 N–H and O–H groups in total. The summed E-state index contributed by atoms with van der Waals surface area (Å²) in [5.74, 6) is -0.294. The van der Waals surface area contributed by atoms with Crippen molar-refractivity contribution in [2.75, 3.05) is 18.1 Å². The van der Waals surface area contributed by atoms with Gasteiger partial charge in [-0.05, 0) is 31.0 Å². The molecule has 8 heteroatoms. The Morgan fingerprint density at radius 1 is 1.50 bits per heavy atom. The van der Waals surface area contributed by atoms with E-state index >= 15 is 0 Å². The molecule has 1 heterocycles. The number of benzene rings is 1. The molecule has 0 aliphatic carbocycles. The average Bonchev–Trinajstić information content (AvgIpc) is 2.79. The fourth-order valence-electron chi connectivity index (χ4n) is 2.24. The summed E-state index contributed by atoms with van der Waals surface area (Å²) in [6.07, 6.45) is 0.556. The Hall–Kier alpha value is -1.83. The molecule has 122 valence electrons. The first kappa shape index (κ1) is 16.5. The molecule has 1 aliphatic rings. The van der Waals surface area contributed by atoms with Gasteiger partial charge >= 0.3 is 0 Å². The first-order valence-electron chi connectivity index (χ1n) is 7.12. The van der Waals surface area contributed by atoms with Crippen LogP contribution in [-0.2, 0) is 16.4 Å². The van der Waals surface area contributed by atoms with Crippen molar-refractivity contribution in [3.63, 3.8) is 0 Å². The second kappa shape index (κ2) is 6.95. The highest BCUT2D eigenvalue weighted by molar-refractivity contribution is 7.91. The number of rotatable bonds is 4. The summed E-state index contributed by atoms with van der Waals surface area (Å²) in [5, 5.41) is 15.3. The quantitative estimate of drug-likeness (QED) is 0.561. The third-order valence-corrected chi connectivity index (χ3v) is 5.12. The van der Waals surface area contributed by atoms with Crippen LogP contribution in [0.25, 0.3) is 0 Å². The Bertz CT molecular complexity index is 661. The van der Waals surface area contributed by atoms with Crippen molar-refractivity contribution in [3.8, 4) is 5.75 Å². The highest BCUT2D eigenvalue weighted by atomic mass is 32.2. The number of phenolic OH excluding ortho intramolecular Hbond substituents is 1. The van der Waals surface area contributed by atoms with E-state index in [1.165, 1.54) is 12.1 Å². The lowest BCUT2D eigenvalue weighted by Gasteiger charge is -2.15. The highest BCUT2D eigenvalue weighted by Gasteiger charge is 2.28. The van der Waals surface area contributed by atoms with Crippen LogP contribution in [0.5, 0.6) is 5.75 Å². The fourth-order valence-corrected chi connectivity index (χ4v) is 3.91. The Labute approximate surface area is 129 Å². The molecule has 1 aliphatic heterocycles. The van der Waals surface area contributed by atoms with Crippen LogP contribution in [0, 0.1) is 5.82 Å². The van der Waals surface area contributed by atoms with Crippen LogP contribution in [0.1, 0.15) is 18.9 Å². The fraction of sp³-hybridized carbons (Fsp3) is 0.500. The van der Waals surface area contributed by atoms with Gasteiger partial charge in [-0.25, -0.2) is 17.8 Å². The van der Waals surface area contributed by atoms with E-state index in [9.17, 15) is 12.8 Å². The zero-order valence-corrected chi connectivity index (χ0v) is 13.2. The van der Waals surface area contributed by atoms with Gasteiger partial charge in [0, 0.05) is 12.6 Å². The normalized spacial score (nSPS) is 20.8. The number of nitrogens with one attached hydrogen (secondary N) is 2. The number of halogens is 1. The molecule has 0 radical (unpaired) electrons. The number of aromatic hydroxyl groups is 1. The molecule has 1 saturated heterocycles. The molecule has 0 saturated carbocycles. The van der Waals surface area contributed by atoms with Crippen LogP contribution in [0.15, 0.2) is 23.2 Å². The molecule has 1 aromatic carbocycles. The van der Waals surface area contributed by atoms with E-state index in [1.54, 1.807) is 6.07 Å². The van der Waals surface area contributed by atoms with Crippen LogP contribution >= 0.6 is 0 Å². The summed E-state index contributed by atoms with van der Waals surface area (Å²) in [6, 6.07) is 3.94. The van der Waals surface area contributed by atoms with Crippen molar-refractivity contribution in [3.05, 3.63) is 29.6 Å². The first-order valence-corrected chi connectivity index (χ1v) is 8.94. The van der Waals surface area contributed by atoms with Gasteiger partial charge in [-0.2, -0.15) is 0 Å². The molecule has 0 spiro atoms. The number of nitrogens with zero attached hydrogens (tertiary/aromatic N) is 1. The number of aliphatic imine (C=N–C) groups is 1. The van der Waals surface area contributed by atoms with Crippen LogP contribution in [-0.4, -0.2) is 43.6 Å². The Balaban J connectivity index is 2.02. The maximum Gasteiger partial charge on any atom is 0.191 e. The predicted molar refractivity (Wildman–Crippen MR) is 83.1 cm³/mol. The van der Waals surface area contributed by atoms with Gasteiger partial charge in [-0.15, -0.1) is 0 Å². The Morgan fingerprint density at radius 2 is 2.27 bits per heavy atom. The summed E-state index contributed by atoms with van der Waals surface area (Å²) in [6.45, 7) is 2.77. The van der Waals surface area contributed by atoms with E-state index in [2.05, 4.69) is 15.6 Å². The minimum atomic E-state index is -2.96. The van der Waals surface area contributed by atoms with Gasteiger partial charge < -0.3 is 15.7 Å². The molecule has 1 unspecified atom stereocenters.